The molecule has 2 rings (SSSR count). The van der Waals surface area contributed by atoms with E-state index in [9.17, 15) is 4.79 Å². The molecule has 2 aliphatic heterocycles. The highest BCUT2D eigenvalue weighted by Crippen LogP contribution is 2.23. The number of hydrogen-bond donors (Lipinski definition) is 0. The third-order valence-electron chi connectivity index (χ3n) is 3.91. The van der Waals surface area contributed by atoms with E-state index >= 15 is 0 Å². The Morgan fingerprint density at radius 1 is 1.24 bits per heavy atom. The highest BCUT2D eigenvalue weighted by Gasteiger charge is 2.29. The van der Waals surface area contributed by atoms with Crippen molar-refractivity contribution in [2.75, 3.05) is 32.8 Å². The zero-order chi connectivity index (χ0) is 12.1. The highest BCUT2D eigenvalue weighted by molar-refractivity contribution is 5.72. The van der Waals surface area contributed by atoms with Crippen molar-refractivity contribution in [2.24, 2.45) is 5.92 Å². The fraction of sp³-hybridized carbons (Fsp3) is 0.923. The molecule has 0 amide bonds. The first-order valence-corrected chi connectivity index (χ1v) is 6.85. The van der Waals surface area contributed by atoms with Gasteiger partial charge in [0.05, 0.1) is 12.5 Å². The van der Waals surface area contributed by atoms with Crippen LogP contribution >= 0.6 is 0 Å². The molecule has 0 N–H and O–H groups in total. The third kappa shape index (κ3) is 3.42. The first-order chi connectivity index (χ1) is 8.31. The van der Waals surface area contributed by atoms with Crippen molar-refractivity contribution < 1.29 is 9.53 Å². The number of hydrogen-bond acceptors (Lipinski definition) is 3. The molecule has 17 heavy (non-hydrogen) atoms. The molecule has 97 valence electrons. The van der Waals surface area contributed by atoms with E-state index in [1.54, 1.807) is 0 Å². The molecule has 0 aromatic carbocycles. The van der Waals surface area contributed by atoms with E-state index in [1.807, 2.05) is 6.92 Å². The molecule has 0 atom stereocenters. The second-order valence-corrected chi connectivity index (χ2v) is 4.96. The van der Waals surface area contributed by atoms with E-state index in [1.165, 1.54) is 12.8 Å². The van der Waals surface area contributed by atoms with Gasteiger partial charge in [0.1, 0.15) is 0 Å². The predicted octanol–water partition coefficient (Wildman–Crippen LogP) is 1.03. The van der Waals surface area contributed by atoms with Gasteiger partial charge in [0.2, 0.25) is 0 Å². The molecule has 2 saturated heterocycles. The van der Waals surface area contributed by atoms with Crippen molar-refractivity contribution in [2.45, 2.75) is 38.6 Å². The topological polar surface area (TPSA) is 43.6 Å². The summed E-state index contributed by atoms with van der Waals surface area (Å²) in [5.41, 5.74) is 0. The fourth-order valence-electron chi connectivity index (χ4n) is 2.86. The van der Waals surface area contributed by atoms with Crippen molar-refractivity contribution in [1.82, 2.24) is 10.2 Å². The van der Waals surface area contributed by atoms with Gasteiger partial charge in [-0.25, -0.2) is 5.32 Å². The number of ether oxygens (including phenoxy) is 1. The van der Waals surface area contributed by atoms with Crippen LogP contribution in [0.25, 0.3) is 0 Å². The number of likely N-dealkylation sites (tertiary alicyclic amines) is 1. The number of carbonyl (C=O) groups is 1. The average molecular weight is 239 g/mol. The number of piperidine rings is 2. The molecule has 2 fully saturated rings. The standard InChI is InChI=1S/C13H23N2O2/c1-2-17-13(16)11-5-9-15(10-6-11)12-3-7-14-8-4-12/h11-12H,2-10H2,1H3. The quantitative estimate of drug-likeness (QED) is 0.691. The van der Waals surface area contributed by atoms with Gasteiger partial charge in [0.15, 0.2) is 0 Å². The first-order valence-electron chi connectivity index (χ1n) is 6.85. The minimum atomic E-state index is 0.00536. The summed E-state index contributed by atoms with van der Waals surface area (Å²) in [6, 6.07) is 0.704. The van der Waals surface area contributed by atoms with Crippen LogP contribution in [0.2, 0.25) is 0 Å². The largest absolute Gasteiger partial charge is 0.466 e. The van der Waals surface area contributed by atoms with Gasteiger partial charge in [-0.1, -0.05) is 0 Å². The molecule has 0 spiro atoms. The zero-order valence-electron chi connectivity index (χ0n) is 10.7. The Morgan fingerprint density at radius 2 is 1.88 bits per heavy atom. The number of esters is 1. The molecule has 2 heterocycles. The van der Waals surface area contributed by atoms with E-state index in [0.29, 0.717) is 12.6 Å². The molecule has 0 aromatic rings. The van der Waals surface area contributed by atoms with E-state index in [4.69, 9.17) is 4.74 Å². The van der Waals surface area contributed by atoms with Crippen LogP contribution in [0.5, 0.6) is 0 Å². The van der Waals surface area contributed by atoms with Crippen LogP contribution in [-0.2, 0) is 9.53 Å². The monoisotopic (exact) mass is 239 g/mol. The van der Waals surface area contributed by atoms with Gasteiger partial charge in [-0.15, -0.1) is 0 Å². The third-order valence-corrected chi connectivity index (χ3v) is 3.91. The van der Waals surface area contributed by atoms with Crippen LogP contribution in [0.1, 0.15) is 32.6 Å². The fourth-order valence-corrected chi connectivity index (χ4v) is 2.86. The SMILES string of the molecule is CCOC(=O)C1CCN(C2CC[N]CC2)CC1. The Morgan fingerprint density at radius 3 is 2.47 bits per heavy atom. The van der Waals surface area contributed by atoms with Crippen molar-refractivity contribution in [3.05, 3.63) is 0 Å². The molecule has 0 saturated carbocycles. The summed E-state index contributed by atoms with van der Waals surface area (Å²) in [5.74, 6) is 0.144. The minimum absolute atomic E-state index is 0.00536. The first kappa shape index (κ1) is 12.8. The summed E-state index contributed by atoms with van der Waals surface area (Å²) in [4.78, 5) is 14.2. The van der Waals surface area contributed by atoms with Gasteiger partial charge in [0, 0.05) is 19.1 Å². The van der Waals surface area contributed by atoms with Crippen LogP contribution in [0.4, 0.5) is 0 Å². The van der Waals surface area contributed by atoms with Crippen LogP contribution in [0.3, 0.4) is 0 Å². The Balaban J connectivity index is 1.75. The summed E-state index contributed by atoms with van der Waals surface area (Å²) >= 11 is 0. The van der Waals surface area contributed by atoms with Crippen molar-refractivity contribution in [3.63, 3.8) is 0 Å². The lowest BCUT2D eigenvalue weighted by molar-refractivity contribution is -0.149. The van der Waals surface area contributed by atoms with E-state index in [-0.39, 0.29) is 11.9 Å². The molecule has 0 unspecified atom stereocenters. The maximum Gasteiger partial charge on any atom is 0.309 e. The van der Waals surface area contributed by atoms with Gasteiger partial charge in [-0.3, -0.25) is 4.79 Å². The normalized spacial score (nSPS) is 24.8. The molecule has 2 aliphatic rings. The predicted molar refractivity (Wildman–Crippen MR) is 65.8 cm³/mol. The van der Waals surface area contributed by atoms with Crippen LogP contribution in [-0.4, -0.2) is 49.7 Å². The van der Waals surface area contributed by atoms with Crippen molar-refractivity contribution in [3.8, 4) is 0 Å². The van der Waals surface area contributed by atoms with Gasteiger partial charge < -0.3 is 9.64 Å². The second-order valence-electron chi connectivity index (χ2n) is 4.96. The van der Waals surface area contributed by atoms with E-state index < -0.39 is 0 Å². The lowest BCUT2D eigenvalue weighted by Gasteiger charge is -2.38. The molecular weight excluding hydrogens is 216 g/mol. The Hall–Kier alpha value is -0.610. The Bertz CT molecular complexity index is 244. The smallest absolute Gasteiger partial charge is 0.309 e. The molecule has 0 aromatic heterocycles. The average Bonchev–Trinajstić information content (AvgIpc) is 2.40. The van der Waals surface area contributed by atoms with E-state index in [0.717, 1.165) is 39.0 Å². The Kier molecular flexibility index (Phi) is 4.80. The van der Waals surface area contributed by atoms with Crippen LogP contribution in [0, 0.1) is 5.92 Å². The molecule has 1 radical (unpaired) electrons. The van der Waals surface area contributed by atoms with Crippen molar-refractivity contribution >= 4 is 5.97 Å². The molecular formula is C13H23N2O2. The molecule has 4 nitrogen and oxygen atoms in total. The highest BCUT2D eigenvalue weighted by atomic mass is 16.5. The number of rotatable bonds is 3. The molecule has 4 heteroatoms. The van der Waals surface area contributed by atoms with Crippen molar-refractivity contribution in [1.29, 1.82) is 0 Å². The molecule has 0 aliphatic carbocycles. The van der Waals surface area contributed by atoms with Gasteiger partial charge in [-0.05, 0) is 45.7 Å². The minimum Gasteiger partial charge on any atom is -0.466 e. The summed E-state index contributed by atoms with van der Waals surface area (Å²) in [6.45, 7) is 6.51. The number of carbonyl (C=O) groups excluding carboxylic acids is 1. The molecule has 0 bridgehead atoms. The van der Waals surface area contributed by atoms with Crippen LogP contribution in [0.15, 0.2) is 0 Å². The summed E-state index contributed by atoms with van der Waals surface area (Å²) < 4.78 is 5.09. The lowest BCUT2D eigenvalue weighted by atomic mass is 9.94. The number of nitrogens with zero attached hydrogens (tertiary/aromatic N) is 2. The van der Waals surface area contributed by atoms with Crippen LogP contribution < -0.4 is 5.32 Å². The summed E-state index contributed by atoms with van der Waals surface area (Å²) in [6.07, 6.45) is 4.33. The van der Waals surface area contributed by atoms with Gasteiger partial charge in [-0.2, -0.15) is 0 Å². The maximum atomic E-state index is 11.6. The van der Waals surface area contributed by atoms with Gasteiger partial charge >= 0.3 is 5.97 Å². The lowest BCUT2D eigenvalue weighted by Crippen LogP contribution is -2.46. The van der Waals surface area contributed by atoms with E-state index in [2.05, 4.69) is 10.2 Å². The maximum absolute atomic E-state index is 11.6. The summed E-state index contributed by atoms with van der Waals surface area (Å²) in [7, 11) is 0. The summed E-state index contributed by atoms with van der Waals surface area (Å²) in [5, 5.41) is 4.39. The second kappa shape index (κ2) is 6.36. The van der Waals surface area contributed by atoms with Gasteiger partial charge in [0.25, 0.3) is 0 Å². The zero-order valence-corrected chi connectivity index (χ0v) is 10.7. The Labute approximate surface area is 104 Å².